The highest BCUT2D eigenvalue weighted by atomic mass is 35.5. The molecule has 1 atom stereocenters. The number of thiazole rings is 1. The van der Waals surface area contributed by atoms with Crippen molar-refractivity contribution in [3.05, 3.63) is 50.4 Å². The van der Waals surface area contributed by atoms with Crippen LogP contribution in [0.3, 0.4) is 0 Å². The predicted octanol–water partition coefficient (Wildman–Crippen LogP) is 3.92. The van der Waals surface area contributed by atoms with Crippen LogP contribution < -0.4 is 5.32 Å². The first-order valence-electron chi connectivity index (χ1n) is 5.94. The Balaban J connectivity index is 2.22. The Bertz CT molecular complexity index is 536. The van der Waals surface area contributed by atoms with Gasteiger partial charge in [0.05, 0.1) is 5.01 Å². The Morgan fingerprint density at radius 1 is 1.39 bits per heavy atom. The molecule has 1 aromatic carbocycles. The maximum atomic E-state index is 6.32. The third-order valence-corrected chi connectivity index (χ3v) is 4.24. The van der Waals surface area contributed by atoms with Gasteiger partial charge in [-0.3, -0.25) is 0 Å². The van der Waals surface area contributed by atoms with Gasteiger partial charge in [0.15, 0.2) is 0 Å². The molecular weight excluding hydrogens is 264 g/mol. The molecule has 0 amide bonds. The van der Waals surface area contributed by atoms with Gasteiger partial charge in [0.2, 0.25) is 0 Å². The fourth-order valence-corrected chi connectivity index (χ4v) is 3.14. The van der Waals surface area contributed by atoms with Crippen molar-refractivity contribution in [2.24, 2.45) is 0 Å². The fourth-order valence-electron chi connectivity index (χ4n) is 1.95. The SMILES string of the molecule is CNC(Cc1nc(C)cs1)c1ccc(C)cc1Cl. The average Bonchev–Trinajstić information content (AvgIpc) is 2.72. The third kappa shape index (κ3) is 3.10. The molecule has 0 aliphatic heterocycles. The molecule has 96 valence electrons. The quantitative estimate of drug-likeness (QED) is 0.918. The van der Waals surface area contributed by atoms with Crippen LogP contribution in [0.15, 0.2) is 23.6 Å². The molecule has 2 nitrogen and oxygen atoms in total. The van der Waals surface area contributed by atoms with Gasteiger partial charge in [0.25, 0.3) is 0 Å². The van der Waals surface area contributed by atoms with Gasteiger partial charge in [0.1, 0.15) is 0 Å². The van der Waals surface area contributed by atoms with E-state index < -0.39 is 0 Å². The minimum atomic E-state index is 0.212. The highest BCUT2D eigenvalue weighted by Crippen LogP contribution is 2.27. The summed E-state index contributed by atoms with van der Waals surface area (Å²) in [7, 11) is 1.96. The maximum Gasteiger partial charge on any atom is 0.0947 e. The maximum absolute atomic E-state index is 6.32. The Morgan fingerprint density at radius 2 is 2.17 bits per heavy atom. The van der Waals surface area contributed by atoms with Crippen molar-refractivity contribution in [1.82, 2.24) is 10.3 Å². The predicted molar refractivity (Wildman–Crippen MR) is 78.5 cm³/mol. The van der Waals surface area contributed by atoms with Crippen LogP contribution in [0, 0.1) is 13.8 Å². The molecule has 1 N–H and O–H groups in total. The second-order valence-electron chi connectivity index (χ2n) is 4.45. The molecule has 0 spiro atoms. The summed E-state index contributed by atoms with van der Waals surface area (Å²) < 4.78 is 0. The van der Waals surface area contributed by atoms with E-state index in [1.165, 1.54) is 5.56 Å². The molecule has 0 fully saturated rings. The van der Waals surface area contributed by atoms with E-state index in [2.05, 4.69) is 27.8 Å². The molecule has 1 aromatic heterocycles. The summed E-state index contributed by atoms with van der Waals surface area (Å²) in [6.45, 7) is 4.07. The summed E-state index contributed by atoms with van der Waals surface area (Å²) in [4.78, 5) is 4.51. The lowest BCUT2D eigenvalue weighted by atomic mass is 10.0. The summed E-state index contributed by atoms with van der Waals surface area (Å²) in [5.74, 6) is 0. The molecule has 2 aromatic rings. The molecule has 0 saturated heterocycles. The van der Waals surface area contributed by atoms with Crippen molar-refractivity contribution >= 4 is 22.9 Å². The van der Waals surface area contributed by atoms with Crippen LogP contribution in [0.2, 0.25) is 5.02 Å². The number of aryl methyl sites for hydroxylation is 2. The van der Waals surface area contributed by atoms with Crippen LogP contribution in [-0.4, -0.2) is 12.0 Å². The monoisotopic (exact) mass is 280 g/mol. The number of hydrogen-bond donors (Lipinski definition) is 1. The smallest absolute Gasteiger partial charge is 0.0947 e. The second kappa shape index (κ2) is 5.83. The van der Waals surface area contributed by atoms with Crippen molar-refractivity contribution in [3.63, 3.8) is 0 Å². The van der Waals surface area contributed by atoms with Crippen molar-refractivity contribution in [2.75, 3.05) is 7.05 Å². The molecule has 1 unspecified atom stereocenters. The molecular formula is C14H17ClN2S. The number of hydrogen-bond acceptors (Lipinski definition) is 3. The van der Waals surface area contributed by atoms with Crippen molar-refractivity contribution in [3.8, 4) is 0 Å². The zero-order chi connectivity index (χ0) is 13.1. The van der Waals surface area contributed by atoms with E-state index in [-0.39, 0.29) is 6.04 Å². The topological polar surface area (TPSA) is 24.9 Å². The van der Waals surface area contributed by atoms with E-state index in [4.69, 9.17) is 11.6 Å². The first-order chi connectivity index (χ1) is 8.60. The van der Waals surface area contributed by atoms with Gasteiger partial charge >= 0.3 is 0 Å². The summed E-state index contributed by atoms with van der Waals surface area (Å²) in [6, 6.07) is 6.41. The number of aromatic nitrogens is 1. The molecule has 0 aliphatic rings. The molecule has 0 saturated carbocycles. The number of halogens is 1. The molecule has 0 radical (unpaired) electrons. The second-order valence-corrected chi connectivity index (χ2v) is 5.80. The lowest BCUT2D eigenvalue weighted by Crippen LogP contribution is -2.19. The van der Waals surface area contributed by atoms with Gasteiger partial charge in [-0.2, -0.15) is 0 Å². The van der Waals surface area contributed by atoms with Gasteiger partial charge in [-0.05, 0) is 38.1 Å². The summed E-state index contributed by atoms with van der Waals surface area (Å²) in [6.07, 6.45) is 0.873. The first-order valence-corrected chi connectivity index (χ1v) is 7.20. The Hall–Kier alpha value is -0.900. The zero-order valence-corrected chi connectivity index (χ0v) is 12.4. The van der Waals surface area contributed by atoms with Crippen LogP contribution in [0.25, 0.3) is 0 Å². The fraction of sp³-hybridized carbons (Fsp3) is 0.357. The standard InChI is InChI=1S/C14H17ClN2S/c1-9-4-5-11(12(15)6-9)13(16-3)7-14-17-10(2)8-18-14/h4-6,8,13,16H,7H2,1-3H3. The number of likely N-dealkylation sites (N-methyl/N-ethyl adjacent to an activating group) is 1. The van der Waals surface area contributed by atoms with Gasteiger partial charge in [-0.15, -0.1) is 11.3 Å². The lowest BCUT2D eigenvalue weighted by Gasteiger charge is -2.17. The molecule has 18 heavy (non-hydrogen) atoms. The average molecular weight is 281 g/mol. The minimum Gasteiger partial charge on any atom is -0.313 e. The van der Waals surface area contributed by atoms with Crippen molar-refractivity contribution in [1.29, 1.82) is 0 Å². The highest BCUT2D eigenvalue weighted by molar-refractivity contribution is 7.09. The summed E-state index contributed by atoms with van der Waals surface area (Å²) >= 11 is 8.02. The van der Waals surface area contributed by atoms with E-state index in [1.807, 2.05) is 27.0 Å². The zero-order valence-electron chi connectivity index (χ0n) is 10.8. The van der Waals surface area contributed by atoms with Crippen molar-refractivity contribution in [2.45, 2.75) is 26.3 Å². The minimum absolute atomic E-state index is 0.212. The Morgan fingerprint density at radius 3 is 2.72 bits per heavy atom. The summed E-state index contributed by atoms with van der Waals surface area (Å²) in [5, 5.41) is 7.36. The van der Waals surface area contributed by atoms with Gasteiger partial charge < -0.3 is 5.32 Å². The van der Waals surface area contributed by atoms with E-state index >= 15 is 0 Å². The molecule has 2 rings (SSSR count). The number of nitrogens with zero attached hydrogens (tertiary/aromatic N) is 1. The Labute approximate surface area is 117 Å². The molecule has 0 bridgehead atoms. The number of nitrogens with one attached hydrogen (secondary N) is 1. The van der Waals surface area contributed by atoms with Gasteiger partial charge in [0, 0.05) is 28.6 Å². The highest BCUT2D eigenvalue weighted by Gasteiger charge is 2.15. The van der Waals surface area contributed by atoms with E-state index in [1.54, 1.807) is 11.3 Å². The lowest BCUT2D eigenvalue weighted by molar-refractivity contribution is 0.590. The largest absolute Gasteiger partial charge is 0.313 e. The molecule has 1 heterocycles. The van der Waals surface area contributed by atoms with Crippen LogP contribution in [0.1, 0.15) is 27.9 Å². The number of benzene rings is 1. The van der Waals surface area contributed by atoms with Crippen molar-refractivity contribution < 1.29 is 0 Å². The summed E-state index contributed by atoms with van der Waals surface area (Å²) in [5.41, 5.74) is 3.40. The number of rotatable bonds is 4. The normalized spacial score (nSPS) is 12.7. The van der Waals surface area contributed by atoms with Gasteiger partial charge in [-0.25, -0.2) is 4.98 Å². The van der Waals surface area contributed by atoms with Gasteiger partial charge in [-0.1, -0.05) is 23.7 Å². The van der Waals surface area contributed by atoms with Crippen LogP contribution in [0.5, 0.6) is 0 Å². The van der Waals surface area contributed by atoms with Crippen LogP contribution >= 0.6 is 22.9 Å². The Kier molecular flexibility index (Phi) is 4.38. The molecule has 0 aliphatic carbocycles. The van der Waals surface area contributed by atoms with Crippen LogP contribution in [-0.2, 0) is 6.42 Å². The molecule has 4 heteroatoms. The third-order valence-electron chi connectivity index (χ3n) is 2.93. The first kappa shape index (κ1) is 13.5. The van der Waals surface area contributed by atoms with E-state index in [0.717, 1.165) is 27.7 Å². The van der Waals surface area contributed by atoms with E-state index in [9.17, 15) is 0 Å². The van der Waals surface area contributed by atoms with Crippen LogP contribution in [0.4, 0.5) is 0 Å². The van der Waals surface area contributed by atoms with E-state index in [0.29, 0.717) is 0 Å².